The molecule has 4 rings (SSSR count). The molecule has 1 amide bonds. The van der Waals surface area contributed by atoms with Crippen molar-refractivity contribution in [3.8, 4) is 11.1 Å². The topological polar surface area (TPSA) is 113 Å². The Balaban J connectivity index is 1.53. The predicted octanol–water partition coefficient (Wildman–Crippen LogP) is 3.63. The Kier molecular flexibility index (Phi) is 5.95. The molecule has 1 fully saturated rings. The van der Waals surface area contributed by atoms with E-state index in [2.05, 4.69) is 15.6 Å². The van der Waals surface area contributed by atoms with Gasteiger partial charge in [0.05, 0.1) is 0 Å². The first-order valence-electron chi connectivity index (χ1n) is 10.2. The largest absolute Gasteiger partial charge is 0.384 e. The molecule has 3 aromatic rings. The Labute approximate surface area is 181 Å². The minimum absolute atomic E-state index is 0.0107. The van der Waals surface area contributed by atoms with Crippen molar-refractivity contribution in [2.24, 2.45) is 5.73 Å². The van der Waals surface area contributed by atoms with Crippen LogP contribution in [0.2, 0.25) is 0 Å². The second-order valence-corrected chi connectivity index (χ2v) is 7.58. The fraction of sp³-hybridized carbons (Fsp3) is 0.208. The van der Waals surface area contributed by atoms with E-state index in [4.69, 9.17) is 15.9 Å². The van der Waals surface area contributed by atoms with Crippen molar-refractivity contribution in [2.75, 3.05) is 23.8 Å². The quantitative estimate of drug-likeness (QED) is 0.363. The average molecular weight is 415 g/mol. The van der Waals surface area contributed by atoms with E-state index in [1.165, 1.54) is 0 Å². The number of nitrogens with two attached hydrogens (primary N) is 1. The Morgan fingerprint density at radius 3 is 2.32 bits per heavy atom. The number of nitrogens with one attached hydrogen (secondary N) is 3. The van der Waals surface area contributed by atoms with Gasteiger partial charge in [-0.3, -0.25) is 15.2 Å². The third-order valence-electron chi connectivity index (χ3n) is 5.49. The minimum Gasteiger partial charge on any atom is -0.384 e. The zero-order valence-corrected chi connectivity index (χ0v) is 17.1. The molecule has 0 aliphatic carbocycles. The van der Waals surface area contributed by atoms with Gasteiger partial charge in [-0.15, -0.1) is 0 Å². The van der Waals surface area contributed by atoms with E-state index in [-0.39, 0.29) is 11.7 Å². The highest BCUT2D eigenvalue weighted by atomic mass is 16.5. The highest BCUT2D eigenvalue weighted by Crippen LogP contribution is 2.29. The summed E-state index contributed by atoms with van der Waals surface area (Å²) in [6, 6.07) is 18.9. The van der Waals surface area contributed by atoms with Crippen LogP contribution in [0, 0.1) is 5.41 Å². The van der Waals surface area contributed by atoms with E-state index in [1.807, 2.05) is 48.5 Å². The van der Waals surface area contributed by atoms with Gasteiger partial charge in [0.2, 0.25) is 5.91 Å². The van der Waals surface area contributed by atoms with Crippen molar-refractivity contribution in [3.05, 3.63) is 78.6 Å². The number of anilines is 2. The number of benzene rings is 2. The van der Waals surface area contributed by atoms with Gasteiger partial charge in [0.15, 0.2) is 0 Å². The highest BCUT2D eigenvalue weighted by molar-refractivity contribution is 6.01. The molecule has 1 aromatic heterocycles. The zero-order chi connectivity index (χ0) is 21.7. The van der Waals surface area contributed by atoms with Gasteiger partial charge in [-0.2, -0.15) is 0 Å². The molecule has 0 radical (unpaired) electrons. The summed E-state index contributed by atoms with van der Waals surface area (Å²) in [5, 5.41) is 14.1. The number of pyridine rings is 1. The first kappa shape index (κ1) is 20.6. The normalized spacial score (nSPS) is 15.1. The van der Waals surface area contributed by atoms with Gasteiger partial charge in [0.1, 0.15) is 11.4 Å². The number of nitrogens with zero attached hydrogens (tertiary/aromatic N) is 1. The molecule has 0 bridgehead atoms. The summed E-state index contributed by atoms with van der Waals surface area (Å²) in [6.45, 7) is 0.988. The van der Waals surface area contributed by atoms with E-state index >= 15 is 0 Å². The van der Waals surface area contributed by atoms with Gasteiger partial charge >= 0.3 is 0 Å². The molecule has 7 heteroatoms. The molecule has 0 unspecified atom stereocenters. The fourth-order valence-electron chi connectivity index (χ4n) is 3.71. The number of amidine groups is 1. The van der Waals surface area contributed by atoms with Crippen LogP contribution in [0.25, 0.3) is 11.1 Å². The van der Waals surface area contributed by atoms with Crippen molar-refractivity contribution in [1.82, 2.24) is 4.98 Å². The molecule has 7 nitrogen and oxygen atoms in total. The van der Waals surface area contributed by atoms with Crippen molar-refractivity contribution in [1.29, 1.82) is 5.41 Å². The van der Waals surface area contributed by atoms with E-state index in [9.17, 15) is 4.79 Å². The van der Waals surface area contributed by atoms with Gasteiger partial charge in [-0.25, -0.2) is 0 Å². The number of amides is 1. The van der Waals surface area contributed by atoms with Crippen LogP contribution in [-0.2, 0) is 9.53 Å². The average Bonchev–Trinajstić information content (AvgIpc) is 2.81. The third kappa shape index (κ3) is 4.73. The molecule has 2 aromatic carbocycles. The minimum atomic E-state index is -0.808. The number of rotatable bonds is 6. The Morgan fingerprint density at radius 2 is 1.65 bits per heavy atom. The number of aromatic nitrogens is 1. The van der Waals surface area contributed by atoms with Gasteiger partial charge in [-0.1, -0.05) is 24.3 Å². The van der Waals surface area contributed by atoms with E-state index in [1.54, 1.807) is 24.5 Å². The Bertz CT molecular complexity index is 1060. The standard InChI is InChI=1S/C24H25N5O2/c25-22(26)19-2-1-3-21(16-19)29-24(10-14-31-15-11-24)23(30)28-20-6-4-17(5-7-20)18-8-12-27-13-9-18/h1-9,12-13,16,29H,10-11,14-15H2,(H3,25,26)(H,28,30). The van der Waals surface area contributed by atoms with Crippen LogP contribution in [0.15, 0.2) is 73.1 Å². The van der Waals surface area contributed by atoms with Crippen molar-refractivity contribution in [3.63, 3.8) is 0 Å². The SMILES string of the molecule is N=C(N)c1cccc(NC2(C(=O)Nc3ccc(-c4ccncc4)cc3)CCOCC2)c1. The van der Waals surface area contributed by atoms with Crippen molar-refractivity contribution < 1.29 is 9.53 Å². The summed E-state index contributed by atoms with van der Waals surface area (Å²) in [5.41, 5.74) is 9.02. The molecule has 1 saturated heterocycles. The van der Waals surface area contributed by atoms with Crippen LogP contribution in [0.5, 0.6) is 0 Å². The lowest BCUT2D eigenvalue weighted by atomic mass is 9.88. The smallest absolute Gasteiger partial charge is 0.250 e. The van der Waals surface area contributed by atoms with Crippen LogP contribution in [-0.4, -0.2) is 35.5 Å². The summed E-state index contributed by atoms with van der Waals surface area (Å²) in [4.78, 5) is 17.4. The number of hydrogen-bond donors (Lipinski definition) is 4. The van der Waals surface area contributed by atoms with E-state index in [0.717, 1.165) is 22.5 Å². The molecule has 5 N–H and O–H groups in total. The molecule has 158 valence electrons. The summed E-state index contributed by atoms with van der Waals surface area (Å²) < 4.78 is 5.51. The summed E-state index contributed by atoms with van der Waals surface area (Å²) >= 11 is 0. The lowest BCUT2D eigenvalue weighted by Crippen LogP contribution is -2.53. The summed E-state index contributed by atoms with van der Waals surface area (Å²) in [5.74, 6) is -0.121. The number of carbonyl (C=O) groups is 1. The second kappa shape index (κ2) is 8.97. The van der Waals surface area contributed by atoms with Crippen LogP contribution >= 0.6 is 0 Å². The first-order chi connectivity index (χ1) is 15.1. The summed E-state index contributed by atoms with van der Waals surface area (Å²) in [7, 11) is 0. The van der Waals surface area contributed by atoms with Gasteiger partial charge in [-0.05, 0) is 47.5 Å². The van der Waals surface area contributed by atoms with Crippen LogP contribution in [0.4, 0.5) is 11.4 Å². The summed E-state index contributed by atoms with van der Waals surface area (Å²) in [6.07, 6.45) is 4.59. The number of ether oxygens (including phenoxy) is 1. The molecular formula is C24H25N5O2. The molecule has 31 heavy (non-hydrogen) atoms. The lowest BCUT2D eigenvalue weighted by molar-refractivity contribution is -0.123. The molecule has 1 aliphatic rings. The third-order valence-corrected chi connectivity index (χ3v) is 5.49. The maximum Gasteiger partial charge on any atom is 0.250 e. The molecule has 0 spiro atoms. The second-order valence-electron chi connectivity index (χ2n) is 7.58. The maximum absolute atomic E-state index is 13.4. The molecular weight excluding hydrogens is 390 g/mol. The van der Waals surface area contributed by atoms with Gasteiger partial charge in [0.25, 0.3) is 0 Å². The lowest BCUT2D eigenvalue weighted by Gasteiger charge is -2.37. The van der Waals surface area contributed by atoms with Crippen LogP contribution < -0.4 is 16.4 Å². The van der Waals surface area contributed by atoms with E-state index in [0.29, 0.717) is 31.6 Å². The molecule has 0 atom stereocenters. The zero-order valence-electron chi connectivity index (χ0n) is 17.1. The van der Waals surface area contributed by atoms with Crippen LogP contribution in [0.3, 0.4) is 0 Å². The number of nitrogen functional groups attached to an aromatic ring is 1. The molecule has 2 heterocycles. The highest BCUT2D eigenvalue weighted by Gasteiger charge is 2.40. The molecule has 1 aliphatic heterocycles. The molecule has 0 saturated carbocycles. The van der Waals surface area contributed by atoms with Crippen molar-refractivity contribution in [2.45, 2.75) is 18.4 Å². The van der Waals surface area contributed by atoms with Gasteiger partial charge in [0, 0.05) is 55.4 Å². The number of carbonyl (C=O) groups excluding carboxylic acids is 1. The maximum atomic E-state index is 13.4. The first-order valence-corrected chi connectivity index (χ1v) is 10.2. The number of hydrogen-bond acceptors (Lipinski definition) is 5. The monoisotopic (exact) mass is 415 g/mol. The Hall–Kier alpha value is -3.71. The van der Waals surface area contributed by atoms with Crippen LogP contribution in [0.1, 0.15) is 18.4 Å². The van der Waals surface area contributed by atoms with E-state index < -0.39 is 5.54 Å². The fourth-order valence-corrected chi connectivity index (χ4v) is 3.71. The predicted molar refractivity (Wildman–Crippen MR) is 122 cm³/mol. The van der Waals surface area contributed by atoms with Crippen molar-refractivity contribution >= 4 is 23.1 Å². The van der Waals surface area contributed by atoms with Gasteiger partial charge < -0.3 is 21.1 Å². The Morgan fingerprint density at radius 1 is 0.968 bits per heavy atom.